The standard InChI is InChI=1S/C17H15BrN2O3S/c1-2-8-19-24-13-5-3-4-11(9-13)16(21)20-15-7-6-12(18)10-14(15)17(22)23/h2-7,9-10,19H,1,8H2,(H,20,21)(H,22,23). The molecule has 7 heteroatoms. The number of anilines is 1. The Kier molecular flexibility index (Phi) is 6.60. The van der Waals surface area contributed by atoms with E-state index in [1.807, 2.05) is 6.07 Å². The van der Waals surface area contributed by atoms with Gasteiger partial charge in [0, 0.05) is 21.5 Å². The minimum Gasteiger partial charge on any atom is -0.478 e. The first-order valence-corrected chi connectivity index (χ1v) is 8.57. The quantitative estimate of drug-likeness (QED) is 0.365. The summed E-state index contributed by atoms with van der Waals surface area (Å²) < 4.78 is 3.71. The third-order valence-corrected chi connectivity index (χ3v) is 4.27. The van der Waals surface area contributed by atoms with Gasteiger partial charge in [-0.15, -0.1) is 6.58 Å². The van der Waals surface area contributed by atoms with Crippen molar-refractivity contribution in [2.75, 3.05) is 11.9 Å². The number of carboxylic acid groups (broad SMARTS) is 1. The van der Waals surface area contributed by atoms with Gasteiger partial charge in [0.1, 0.15) is 0 Å². The van der Waals surface area contributed by atoms with E-state index in [-0.39, 0.29) is 17.2 Å². The van der Waals surface area contributed by atoms with Gasteiger partial charge in [0.05, 0.1) is 11.3 Å². The Morgan fingerprint density at radius 2 is 2.04 bits per heavy atom. The fourth-order valence-corrected chi connectivity index (χ4v) is 2.94. The number of carboxylic acids is 1. The summed E-state index contributed by atoms with van der Waals surface area (Å²) in [6.45, 7) is 4.26. The summed E-state index contributed by atoms with van der Waals surface area (Å²) in [7, 11) is 0. The van der Waals surface area contributed by atoms with Gasteiger partial charge in [0.2, 0.25) is 0 Å². The second-order valence-corrected chi connectivity index (χ2v) is 6.60. The van der Waals surface area contributed by atoms with Crippen LogP contribution in [0.2, 0.25) is 0 Å². The first-order chi connectivity index (χ1) is 11.5. The molecule has 0 atom stereocenters. The van der Waals surface area contributed by atoms with Crippen molar-refractivity contribution in [1.29, 1.82) is 0 Å². The smallest absolute Gasteiger partial charge is 0.337 e. The first-order valence-electron chi connectivity index (χ1n) is 6.96. The zero-order chi connectivity index (χ0) is 17.5. The molecule has 0 saturated carbocycles. The highest BCUT2D eigenvalue weighted by atomic mass is 79.9. The molecule has 0 saturated heterocycles. The number of carbonyl (C=O) groups excluding carboxylic acids is 1. The van der Waals surface area contributed by atoms with Gasteiger partial charge in [-0.1, -0.05) is 28.1 Å². The molecule has 2 rings (SSSR count). The summed E-state index contributed by atoms with van der Waals surface area (Å²) >= 11 is 4.61. The number of carbonyl (C=O) groups is 2. The zero-order valence-electron chi connectivity index (χ0n) is 12.6. The summed E-state index contributed by atoms with van der Waals surface area (Å²) in [5, 5.41) is 11.9. The van der Waals surface area contributed by atoms with Crippen molar-refractivity contribution < 1.29 is 14.7 Å². The van der Waals surface area contributed by atoms with Crippen LogP contribution in [0.5, 0.6) is 0 Å². The Hall–Kier alpha value is -2.09. The van der Waals surface area contributed by atoms with Crippen molar-refractivity contribution in [2.45, 2.75) is 4.90 Å². The fourth-order valence-electron chi connectivity index (χ4n) is 1.88. The molecular weight excluding hydrogens is 392 g/mol. The van der Waals surface area contributed by atoms with Crippen LogP contribution in [0, 0.1) is 0 Å². The topological polar surface area (TPSA) is 78.4 Å². The molecule has 0 radical (unpaired) electrons. The molecule has 0 aliphatic heterocycles. The Labute approximate surface area is 152 Å². The van der Waals surface area contributed by atoms with E-state index in [1.54, 1.807) is 36.4 Å². The lowest BCUT2D eigenvalue weighted by Crippen LogP contribution is -2.15. The lowest BCUT2D eigenvalue weighted by Gasteiger charge is -2.10. The van der Waals surface area contributed by atoms with Gasteiger partial charge < -0.3 is 10.4 Å². The van der Waals surface area contributed by atoms with Crippen LogP contribution in [0.4, 0.5) is 5.69 Å². The maximum atomic E-state index is 12.4. The van der Waals surface area contributed by atoms with Crippen molar-refractivity contribution in [2.24, 2.45) is 0 Å². The first kappa shape index (κ1) is 18.3. The average Bonchev–Trinajstić information content (AvgIpc) is 2.57. The Balaban J connectivity index is 2.17. The van der Waals surface area contributed by atoms with Gasteiger partial charge in [-0.3, -0.25) is 9.52 Å². The van der Waals surface area contributed by atoms with Crippen LogP contribution < -0.4 is 10.0 Å². The fraction of sp³-hybridized carbons (Fsp3) is 0.0588. The number of amides is 1. The van der Waals surface area contributed by atoms with Crippen LogP contribution in [-0.2, 0) is 0 Å². The molecule has 0 unspecified atom stereocenters. The van der Waals surface area contributed by atoms with Gasteiger partial charge >= 0.3 is 5.97 Å². The van der Waals surface area contributed by atoms with Gasteiger partial charge in [-0.2, -0.15) is 0 Å². The van der Waals surface area contributed by atoms with Crippen LogP contribution in [0.25, 0.3) is 0 Å². The molecule has 0 heterocycles. The molecule has 124 valence electrons. The predicted octanol–water partition coefficient (Wildman–Crippen LogP) is 4.18. The third kappa shape index (κ3) is 4.95. The molecule has 0 spiro atoms. The molecule has 2 aromatic rings. The van der Waals surface area contributed by atoms with Crippen LogP contribution in [0.1, 0.15) is 20.7 Å². The van der Waals surface area contributed by atoms with E-state index in [1.165, 1.54) is 18.0 Å². The summed E-state index contributed by atoms with van der Waals surface area (Å²) in [5.41, 5.74) is 0.717. The normalized spacial score (nSPS) is 10.2. The Morgan fingerprint density at radius 1 is 1.25 bits per heavy atom. The van der Waals surface area contributed by atoms with E-state index in [0.717, 1.165) is 4.90 Å². The molecule has 5 nitrogen and oxygen atoms in total. The molecule has 0 bridgehead atoms. The van der Waals surface area contributed by atoms with Crippen molar-refractivity contribution in [3.05, 3.63) is 70.7 Å². The molecular formula is C17H15BrN2O3S. The number of aromatic carboxylic acids is 1. The molecule has 0 aliphatic carbocycles. The second-order valence-electron chi connectivity index (χ2n) is 4.72. The summed E-state index contributed by atoms with van der Waals surface area (Å²) in [6.07, 6.45) is 1.74. The SMILES string of the molecule is C=CCNSc1cccc(C(=O)Nc2ccc(Br)cc2C(=O)O)c1. The molecule has 24 heavy (non-hydrogen) atoms. The highest BCUT2D eigenvalue weighted by molar-refractivity contribution is 9.10. The maximum Gasteiger partial charge on any atom is 0.337 e. The average molecular weight is 407 g/mol. The molecule has 2 aromatic carbocycles. The number of hydrogen-bond acceptors (Lipinski definition) is 4. The van der Waals surface area contributed by atoms with Gasteiger partial charge in [0.25, 0.3) is 5.91 Å². The van der Waals surface area contributed by atoms with E-state index in [2.05, 4.69) is 32.5 Å². The van der Waals surface area contributed by atoms with Gasteiger partial charge in [0.15, 0.2) is 0 Å². The number of rotatable bonds is 7. The molecule has 1 amide bonds. The highest BCUT2D eigenvalue weighted by Gasteiger charge is 2.14. The summed E-state index contributed by atoms with van der Waals surface area (Å²) in [6, 6.07) is 11.7. The van der Waals surface area contributed by atoms with Gasteiger partial charge in [-0.05, 0) is 48.3 Å². The van der Waals surface area contributed by atoms with E-state index < -0.39 is 5.97 Å². The Bertz CT molecular complexity index is 780. The zero-order valence-corrected chi connectivity index (χ0v) is 15.0. The number of hydrogen-bond donors (Lipinski definition) is 3. The largest absolute Gasteiger partial charge is 0.478 e. The number of nitrogens with one attached hydrogen (secondary N) is 2. The lowest BCUT2D eigenvalue weighted by molar-refractivity contribution is 0.0698. The van der Waals surface area contributed by atoms with Crippen molar-refractivity contribution in [3.63, 3.8) is 0 Å². The third-order valence-electron chi connectivity index (χ3n) is 2.97. The van der Waals surface area contributed by atoms with E-state index >= 15 is 0 Å². The van der Waals surface area contributed by atoms with Crippen LogP contribution in [-0.4, -0.2) is 23.5 Å². The van der Waals surface area contributed by atoms with Crippen molar-refractivity contribution >= 4 is 45.4 Å². The van der Waals surface area contributed by atoms with Crippen LogP contribution >= 0.6 is 27.9 Å². The highest BCUT2D eigenvalue weighted by Crippen LogP contribution is 2.22. The maximum absolute atomic E-state index is 12.4. The van der Waals surface area contributed by atoms with E-state index in [0.29, 0.717) is 16.6 Å². The van der Waals surface area contributed by atoms with E-state index in [9.17, 15) is 14.7 Å². The van der Waals surface area contributed by atoms with E-state index in [4.69, 9.17) is 0 Å². The summed E-state index contributed by atoms with van der Waals surface area (Å²) in [5.74, 6) is -1.48. The molecule has 0 aromatic heterocycles. The van der Waals surface area contributed by atoms with Crippen molar-refractivity contribution in [1.82, 2.24) is 4.72 Å². The summed E-state index contributed by atoms with van der Waals surface area (Å²) in [4.78, 5) is 24.6. The van der Waals surface area contributed by atoms with Crippen molar-refractivity contribution in [3.8, 4) is 0 Å². The second kappa shape index (κ2) is 8.68. The Morgan fingerprint density at radius 3 is 2.75 bits per heavy atom. The van der Waals surface area contributed by atoms with Gasteiger partial charge in [-0.25, -0.2) is 4.79 Å². The minimum atomic E-state index is -1.11. The monoisotopic (exact) mass is 406 g/mol. The number of benzene rings is 2. The molecule has 0 aliphatic rings. The molecule has 3 N–H and O–H groups in total. The lowest BCUT2D eigenvalue weighted by atomic mass is 10.1. The number of halogens is 1. The minimum absolute atomic E-state index is 0.0240. The predicted molar refractivity (Wildman–Crippen MR) is 99.6 cm³/mol. The molecule has 0 fully saturated rings. The van der Waals surface area contributed by atoms with Crippen LogP contribution in [0.3, 0.4) is 0 Å². The van der Waals surface area contributed by atoms with Crippen LogP contribution in [0.15, 0.2) is 64.5 Å².